The molecule has 2 amide bonds. The van der Waals surface area contributed by atoms with Crippen LogP contribution >= 0.6 is 23.4 Å². The number of carbonyl (C=O) groups excluding carboxylic acids is 2. The lowest BCUT2D eigenvalue weighted by atomic mass is 10.1. The van der Waals surface area contributed by atoms with Crippen LogP contribution in [0.3, 0.4) is 0 Å². The van der Waals surface area contributed by atoms with Gasteiger partial charge in [-0.2, -0.15) is 0 Å². The lowest BCUT2D eigenvalue weighted by molar-refractivity contribution is -0.116. The standard InChI is InChI=1S/C20H19ClN2O2S/c21-16-6-3-14(4-7-16)12-23-17-11-15(20(25)22-9-1-2-10-22)5-8-18(17)26-13-19(23)24/h3-8,11H,1-2,9-10,12-13H2. The number of anilines is 1. The Kier molecular flexibility index (Phi) is 4.92. The van der Waals surface area contributed by atoms with Gasteiger partial charge in [-0.1, -0.05) is 23.7 Å². The van der Waals surface area contributed by atoms with Crippen molar-refractivity contribution in [2.75, 3.05) is 23.7 Å². The number of likely N-dealkylation sites (tertiary alicyclic amines) is 1. The molecule has 1 fully saturated rings. The quantitative estimate of drug-likeness (QED) is 0.793. The van der Waals surface area contributed by atoms with Crippen LogP contribution in [0.25, 0.3) is 0 Å². The van der Waals surface area contributed by atoms with Crippen molar-refractivity contribution in [1.82, 2.24) is 4.90 Å². The molecule has 0 unspecified atom stereocenters. The summed E-state index contributed by atoms with van der Waals surface area (Å²) in [5.74, 6) is 0.531. The molecule has 2 aromatic rings. The van der Waals surface area contributed by atoms with E-state index in [9.17, 15) is 9.59 Å². The van der Waals surface area contributed by atoms with Crippen molar-refractivity contribution < 1.29 is 9.59 Å². The van der Waals surface area contributed by atoms with Gasteiger partial charge in [-0.05, 0) is 48.7 Å². The van der Waals surface area contributed by atoms with E-state index in [4.69, 9.17) is 11.6 Å². The molecule has 26 heavy (non-hydrogen) atoms. The molecule has 0 radical (unpaired) electrons. The Hall–Kier alpha value is -1.98. The van der Waals surface area contributed by atoms with Gasteiger partial charge in [0, 0.05) is 28.6 Å². The summed E-state index contributed by atoms with van der Waals surface area (Å²) in [5, 5.41) is 0.674. The largest absolute Gasteiger partial charge is 0.339 e. The smallest absolute Gasteiger partial charge is 0.253 e. The lowest BCUT2D eigenvalue weighted by Crippen LogP contribution is -2.35. The minimum atomic E-state index is 0.0553. The maximum Gasteiger partial charge on any atom is 0.253 e. The first-order valence-electron chi connectivity index (χ1n) is 8.73. The van der Waals surface area contributed by atoms with Crippen LogP contribution in [-0.4, -0.2) is 35.6 Å². The van der Waals surface area contributed by atoms with E-state index in [1.165, 1.54) is 11.8 Å². The Morgan fingerprint density at radius 3 is 2.54 bits per heavy atom. The van der Waals surface area contributed by atoms with E-state index in [1.54, 1.807) is 4.90 Å². The summed E-state index contributed by atoms with van der Waals surface area (Å²) >= 11 is 7.48. The molecule has 0 saturated carbocycles. The Bertz CT molecular complexity index is 847. The van der Waals surface area contributed by atoms with Crippen LogP contribution in [-0.2, 0) is 11.3 Å². The zero-order valence-corrected chi connectivity index (χ0v) is 15.9. The van der Waals surface area contributed by atoms with E-state index >= 15 is 0 Å². The zero-order chi connectivity index (χ0) is 18.1. The van der Waals surface area contributed by atoms with Gasteiger partial charge in [-0.3, -0.25) is 9.59 Å². The van der Waals surface area contributed by atoms with Crippen LogP contribution < -0.4 is 4.90 Å². The number of hydrogen-bond acceptors (Lipinski definition) is 3. The molecule has 0 aromatic heterocycles. The highest BCUT2D eigenvalue weighted by Gasteiger charge is 2.27. The molecule has 2 aliphatic rings. The second-order valence-corrected chi connectivity index (χ2v) is 8.03. The highest BCUT2D eigenvalue weighted by atomic mass is 35.5. The van der Waals surface area contributed by atoms with Crippen molar-refractivity contribution in [2.24, 2.45) is 0 Å². The first kappa shape index (κ1) is 17.4. The topological polar surface area (TPSA) is 40.6 Å². The Labute approximate surface area is 162 Å². The number of thioether (sulfide) groups is 1. The van der Waals surface area contributed by atoms with Gasteiger partial charge in [0.05, 0.1) is 18.0 Å². The highest BCUT2D eigenvalue weighted by Crippen LogP contribution is 2.37. The van der Waals surface area contributed by atoms with E-state index in [0.717, 1.165) is 42.1 Å². The molecule has 0 atom stereocenters. The molecule has 2 aromatic carbocycles. The summed E-state index contributed by atoms with van der Waals surface area (Å²) in [6.45, 7) is 2.11. The van der Waals surface area contributed by atoms with Gasteiger partial charge in [0.15, 0.2) is 0 Å². The van der Waals surface area contributed by atoms with Gasteiger partial charge in [0.25, 0.3) is 5.91 Å². The molecule has 134 valence electrons. The second kappa shape index (κ2) is 7.33. The fraction of sp³-hybridized carbons (Fsp3) is 0.300. The number of benzene rings is 2. The van der Waals surface area contributed by atoms with Crippen molar-refractivity contribution in [1.29, 1.82) is 0 Å². The normalized spacial score (nSPS) is 16.7. The number of fused-ring (bicyclic) bond motifs is 1. The molecule has 4 rings (SSSR count). The monoisotopic (exact) mass is 386 g/mol. The summed E-state index contributed by atoms with van der Waals surface area (Å²) in [7, 11) is 0. The van der Waals surface area contributed by atoms with Crippen molar-refractivity contribution in [3.63, 3.8) is 0 Å². The van der Waals surface area contributed by atoms with Gasteiger partial charge in [-0.15, -0.1) is 11.8 Å². The number of halogens is 1. The van der Waals surface area contributed by atoms with Crippen molar-refractivity contribution >= 4 is 40.9 Å². The minimum Gasteiger partial charge on any atom is -0.339 e. The molecule has 0 aliphatic carbocycles. The molecule has 0 spiro atoms. The fourth-order valence-corrected chi connectivity index (χ4v) is 4.43. The average Bonchev–Trinajstić information content (AvgIpc) is 3.19. The summed E-state index contributed by atoms with van der Waals surface area (Å²) < 4.78 is 0. The summed E-state index contributed by atoms with van der Waals surface area (Å²) in [5.41, 5.74) is 2.49. The number of nitrogens with zero attached hydrogens (tertiary/aromatic N) is 2. The third-order valence-electron chi connectivity index (χ3n) is 4.80. The van der Waals surface area contributed by atoms with Crippen LogP contribution in [0.15, 0.2) is 47.4 Å². The number of rotatable bonds is 3. The average molecular weight is 387 g/mol. The molecular weight excluding hydrogens is 368 g/mol. The lowest BCUT2D eigenvalue weighted by Gasteiger charge is -2.30. The molecule has 6 heteroatoms. The number of hydrogen-bond donors (Lipinski definition) is 0. The van der Waals surface area contributed by atoms with Crippen molar-refractivity contribution in [2.45, 2.75) is 24.3 Å². The SMILES string of the molecule is O=C(c1ccc2c(c1)N(Cc1ccc(Cl)cc1)C(=O)CS2)N1CCCC1. The van der Waals surface area contributed by atoms with Crippen LogP contribution in [0.4, 0.5) is 5.69 Å². The van der Waals surface area contributed by atoms with Crippen LogP contribution in [0.2, 0.25) is 5.02 Å². The third kappa shape index (κ3) is 3.46. The Balaban J connectivity index is 1.64. The molecule has 0 bridgehead atoms. The highest BCUT2D eigenvalue weighted by molar-refractivity contribution is 8.00. The molecule has 2 heterocycles. The van der Waals surface area contributed by atoms with Gasteiger partial charge < -0.3 is 9.80 Å². The number of amides is 2. The molecule has 1 saturated heterocycles. The third-order valence-corrected chi connectivity index (χ3v) is 6.10. The predicted molar refractivity (Wildman–Crippen MR) is 105 cm³/mol. The fourth-order valence-electron chi connectivity index (χ4n) is 3.38. The first-order valence-corrected chi connectivity index (χ1v) is 10.1. The van der Waals surface area contributed by atoms with E-state index in [1.807, 2.05) is 47.4 Å². The van der Waals surface area contributed by atoms with E-state index < -0.39 is 0 Å². The van der Waals surface area contributed by atoms with Gasteiger partial charge in [-0.25, -0.2) is 0 Å². The number of carbonyl (C=O) groups is 2. The predicted octanol–water partition coefficient (Wildman–Crippen LogP) is 4.21. The van der Waals surface area contributed by atoms with Crippen molar-refractivity contribution in [3.05, 3.63) is 58.6 Å². The van der Waals surface area contributed by atoms with Crippen LogP contribution in [0.1, 0.15) is 28.8 Å². The molecule has 2 aliphatic heterocycles. The Morgan fingerprint density at radius 2 is 1.81 bits per heavy atom. The van der Waals surface area contributed by atoms with E-state index in [2.05, 4.69) is 0 Å². The molecular formula is C20H19ClN2O2S. The minimum absolute atomic E-state index is 0.0553. The van der Waals surface area contributed by atoms with Crippen molar-refractivity contribution in [3.8, 4) is 0 Å². The zero-order valence-electron chi connectivity index (χ0n) is 14.3. The summed E-state index contributed by atoms with van der Waals surface area (Å²) in [4.78, 5) is 30.0. The maximum absolute atomic E-state index is 12.7. The second-order valence-electron chi connectivity index (χ2n) is 6.58. The van der Waals surface area contributed by atoms with Crippen LogP contribution in [0, 0.1) is 0 Å². The van der Waals surface area contributed by atoms with Gasteiger partial charge in [0.2, 0.25) is 5.91 Å². The molecule has 0 N–H and O–H groups in total. The van der Waals surface area contributed by atoms with E-state index in [-0.39, 0.29) is 11.8 Å². The van der Waals surface area contributed by atoms with Gasteiger partial charge >= 0.3 is 0 Å². The first-order chi connectivity index (χ1) is 12.6. The van der Waals surface area contributed by atoms with E-state index in [0.29, 0.717) is 22.9 Å². The van der Waals surface area contributed by atoms with Gasteiger partial charge in [0.1, 0.15) is 0 Å². The van der Waals surface area contributed by atoms with Crippen LogP contribution in [0.5, 0.6) is 0 Å². The summed E-state index contributed by atoms with van der Waals surface area (Å²) in [6, 6.07) is 13.2. The maximum atomic E-state index is 12.7. The summed E-state index contributed by atoms with van der Waals surface area (Å²) in [6.07, 6.45) is 2.13. The Morgan fingerprint density at radius 1 is 1.08 bits per heavy atom. The molecule has 4 nitrogen and oxygen atoms in total.